The molecule has 1 aliphatic carbocycles. The Balaban J connectivity index is 1.28. The van der Waals surface area contributed by atoms with Crippen LogP contribution < -0.4 is 10.2 Å². The van der Waals surface area contributed by atoms with Crippen LogP contribution in [0.1, 0.15) is 55.5 Å². The number of piperazine rings is 1. The number of amides is 1. The molecule has 2 saturated heterocycles. The molecule has 1 aromatic heterocycles. The molecule has 1 N–H and O–H groups in total. The number of thiazole rings is 1. The highest BCUT2D eigenvalue weighted by molar-refractivity contribution is 7.15. The Hall–Kier alpha value is -1.14. The third kappa shape index (κ3) is 2.97. The molecule has 0 radical (unpaired) electrons. The minimum Gasteiger partial charge on any atom is -0.340 e. The lowest BCUT2D eigenvalue weighted by molar-refractivity contribution is -0.133. The van der Waals surface area contributed by atoms with E-state index in [0.29, 0.717) is 23.9 Å². The lowest BCUT2D eigenvalue weighted by atomic mass is 10.0. The molecule has 5 rings (SSSR count). The van der Waals surface area contributed by atoms with Crippen LogP contribution in [0.2, 0.25) is 0 Å². The van der Waals surface area contributed by atoms with Gasteiger partial charge in [-0.1, -0.05) is 24.2 Å². The fourth-order valence-electron chi connectivity index (χ4n) is 5.19. The molecule has 2 atom stereocenters. The van der Waals surface area contributed by atoms with Gasteiger partial charge in [-0.05, 0) is 31.6 Å². The topological polar surface area (TPSA) is 48.5 Å². The third-order valence-corrected chi connectivity index (χ3v) is 7.71. The van der Waals surface area contributed by atoms with Crippen molar-refractivity contribution >= 4 is 22.4 Å². The number of anilines is 1. The van der Waals surface area contributed by atoms with Gasteiger partial charge in [0.15, 0.2) is 5.13 Å². The second-order valence-electron chi connectivity index (χ2n) is 8.24. The molecule has 6 heteroatoms. The predicted octanol–water partition coefficient (Wildman–Crippen LogP) is 2.55. The summed E-state index contributed by atoms with van der Waals surface area (Å²) >= 11 is 1.85. The lowest BCUT2D eigenvalue weighted by Gasteiger charge is -2.35. The normalized spacial score (nSPS) is 29.3. The lowest BCUT2D eigenvalue weighted by Crippen LogP contribution is -2.51. The van der Waals surface area contributed by atoms with Crippen molar-refractivity contribution in [1.29, 1.82) is 0 Å². The van der Waals surface area contributed by atoms with Gasteiger partial charge in [0.1, 0.15) is 0 Å². The highest BCUT2D eigenvalue weighted by Crippen LogP contribution is 2.38. The van der Waals surface area contributed by atoms with Crippen LogP contribution in [0.25, 0.3) is 0 Å². The van der Waals surface area contributed by atoms with Crippen molar-refractivity contribution in [3.63, 3.8) is 0 Å². The minimum absolute atomic E-state index is 0.370. The molecule has 5 nitrogen and oxygen atoms in total. The van der Waals surface area contributed by atoms with Gasteiger partial charge in [0.05, 0.1) is 12.2 Å². The average molecular weight is 361 g/mol. The van der Waals surface area contributed by atoms with Crippen molar-refractivity contribution in [2.45, 2.75) is 70.0 Å². The molecule has 1 aromatic rings. The number of fused-ring (bicyclic) bond motifs is 3. The van der Waals surface area contributed by atoms with Gasteiger partial charge in [-0.2, -0.15) is 0 Å². The van der Waals surface area contributed by atoms with Crippen molar-refractivity contribution < 1.29 is 4.79 Å². The molecule has 136 valence electrons. The maximum absolute atomic E-state index is 12.7. The number of aromatic nitrogens is 1. The summed E-state index contributed by atoms with van der Waals surface area (Å²) in [5.41, 5.74) is 1.25. The van der Waals surface area contributed by atoms with Gasteiger partial charge in [-0.15, -0.1) is 0 Å². The first-order chi connectivity index (χ1) is 12.3. The molecule has 2 unspecified atom stereocenters. The molecule has 1 amide bonds. The predicted molar refractivity (Wildman–Crippen MR) is 100.0 cm³/mol. The quantitative estimate of drug-likeness (QED) is 0.900. The fraction of sp³-hybridized carbons (Fsp3) is 0.789. The van der Waals surface area contributed by atoms with Gasteiger partial charge in [0.25, 0.3) is 0 Å². The van der Waals surface area contributed by atoms with E-state index < -0.39 is 0 Å². The summed E-state index contributed by atoms with van der Waals surface area (Å²) in [4.78, 5) is 23.7. The molecular weight excluding hydrogens is 332 g/mol. The van der Waals surface area contributed by atoms with Gasteiger partial charge in [0, 0.05) is 49.4 Å². The van der Waals surface area contributed by atoms with E-state index in [-0.39, 0.29) is 0 Å². The van der Waals surface area contributed by atoms with Crippen LogP contribution in [0.5, 0.6) is 0 Å². The summed E-state index contributed by atoms with van der Waals surface area (Å²) in [6.45, 7) is 3.83. The standard InChI is InChI=1S/C19H28N4OS/c24-18(9-13-3-1-2-4-13)22-8-7-16-17(12-22)25-19(21-16)23-14-5-6-15(23)11-20-10-14/h13-15,20H,1-12H2. The zero-order valence-electron chi connectivity index (χ0n) is 14.9. The first-order valence-electron chi connectivity index (χ1n) is 10.0. The first kappa shape index (κ1) is 16.1. The summed E-state index contributed by atoms with van der Waals surface area (Å²) in [6.07, 6.45) is 9.40. The molecular formula is C19H28N4OS. The van der Waals surface area contributed by atoms with Crippen molar-refractivity contribution in [1.82, 2.24) is 15.2 Å². The summed E-state index contributed by atoms with van der Waals surface area (Å²) in [5.74, 6) is 1.01. The van der Waals surface area contributed by atoms with Crippen LogP contribution in [0.4, 0.5) is 5.13 Å². The van der Waals surface area contributed by atoms with Crippen LogP contribution in [0, 0.1) is 5.92 Å². The Kier molecular flexibility index (Phi) is 4.20. The van der Waals surface area contributed by atoms with E-state index in [0.717, 1.165) is 39.0 Å². The van der Waals surface area contributed by atoms with E-state index in [1.807, 2.05) is 11.3 Å². The van der Waals surface area contributed by atoms with Gasteiger partial charge in [-0.3, -0.25) is 4.79 Å². The SMILES string of the molecule is O=C(CC1CCCC1)N1CCc2nc(N3C4CCC3CNC4)sc2C1. The molecule has 4 heterocycles. The van der Waals surface area contributed by atoms with E-state index in [2.05, 4.69) is 15.1 Å². The molecule has 3 fully saturated rings. The molecule has 0 aromatic carbocycles. The summed E-state index contributed by atoms with van der Waals surface area (Å²) in [6, 6.07) is 1.23. The molecule has 2 bridgehead atoms. The number of rotatable bonds is 3. The Morgan fingerprint density at radius 2 is 1.92 bits per heavy atom. The summed E-state index contributed by atoms with van der Waals surface area (Å²) < 4.78 is 0. The van der Waals surface area contributed by atoms with E-state index in [1.54, 1.807) is 0 Å². The van der Waals surface area contributed by atoms with Crippen molar-refractivity contribution in [3.8, 4) is 0 Å². The number of nitrogens with zero attached hydrogens (tertiary/aromatic N) is 3. The van der Waals surface area contributed by atoms with Crippen LogP contribution in [-0.2, 0) is 17.8 Å². The number of carbonyl (C=O) groups is 1. The van der Waals surface area contributed by atoms with Gasteiger partial charge in [-0.25, -0.2) is 4.98 Å². The summed E-state index contributed by atoms with van der Waals surface area (Å²) in [5, 5.41) is 4.76. The van der Waals surface area contributed by atoms with E-state index in [9.17, 15) is 4.79 Å². The molecule has 0 spiro atoms. The largest absolute Gasteiger partial charge is 0.340 e. The van der Waals surface area contributed by atoms with Crippen molar-refractivity contribution in [3.05, 3.63) is 10.6 Å². The molecule has 4 aliphatic rings. The smallest absolute Gasteiger partial charge is 0.223 e. The van der Waals surface area contributed by atoms with Crippen molar-refractivity contribution in [2.75, 3.05) is 24.5 Å². The van der Waals surface area contributed by atoms with E-state index in [4.69, 9.17) is 4.98 Å². The number of carbonyl (C=O) groups excluding carboxylic acids is 1. The summed E-state index contributed by atoms with van der Waals surface area (Å²) in [7, 11) is 0. The van der Waals surface area contributed by atoms with Crippen LogP contribution in [-0.4, -0.2) is 47.5 Å². The average Bonchev–Trinajstić information content (AvgIpc) is 3.32. The second kappa shape index (κ2) is 6.54. The van der Waals surface area contributed by atoms with E-state index in [1.165, 1.54) is 54.2 Å². The van der Waals surface area contributed by atoms with Gasteiger partial charge < -0.3 is 15.1 Å². The first-order valence-corrected chi connectivity index (χ1v) is 10.8. The Bertz CT molecular complexity index is 638. The van der Waals surface area contributed by atoms with Crippen LogP contribution in [0.15, 0.2) is 0 Å². The van der Waals surface area contributed by atoms with Crippen molar-refractivity contribution in [2.24, 2.45) is 5.92 Å². The van der Waals surface area contributed by atoms with Crippen LogP contribution in [0.3, 0.4) is 0 Å². The third-order valence-electron chi connectivity index (χ3n) is 6.61. The highest BCUT2D eigenvalue weighted by Gasteiger charge is 2.39. The fourth-order valence-corrected chi connectivity index (χ4v) is 6.45. The highest BCUT2D eigenvalue weighted by atomic mass is 32.1. The Morgan fingerprint density at radius 3 is 2.68 bits per heavy atom. The van der Waals surface area contributed by atoms with E-state index >= 15 is 0 Å². The Morgan fingerprint density at radius 1 is 1.16 bits per heavy atom. The molecule has 1 saturated carbocycles. The zero-order chi connectivity index (χ0) is 16.8. The maximum Gasteiger partial charge on any atom is 0.223 e. The number of hydrogen-bond acceptors (Lipinski definition) is 5. The number of hydrogen-bond donors (Lipinski definition) is 1. The van der Waals surface area contributed by atoms with Crippen LogP contribution >= 0.6 is 11.3 Å². The minimum atomic E-state index is 0.370. The van der Waals surface area contributed by atoms with Gasteiger partial charge >= 0.3 is 0 Å². The maximum atomic E-state index is 12.7. The number of nitrogens with one attached hydrogen (secondary N) is 1. The zero-order valence-corrected chi connectivity index (χ0v) is 15.7. The Labute approximate surface area is 153 Å². The second-order valence-corrected chi connectivity index (χ2v) is 9.30. The monoisotopic (exact) mass is 360 g/mol. The van der Waals surface area contributed by atoms with Gasteiger partial charge in [0.2, 0.25) is 5.91 Å². The molecule has 25 heavy (non-hydrogen) atoms. The molecule has 3 aliphatic heterocycles.